The average molecular weight is 257 g/mol. The van der Waals surface area contributed by atoms with Crippen LogP contribution in [0.2, 0.25) is 0 Å². The number of rotatable bonds is 5. The van der Waals surface area contributed by atoms with Gasteiger partial charge in [0, 0.05) is 12.4 Å². The number of aryl methyl sites for hydroxylation is 1. The largest absolute Gasteiger partial charge is 0.508 e. The number of nitrogens with zero attached hydrogens (tertiary/aromatic N) is 2. The summed E-state index contributed by atoms with van der Waals surface area (Å²) in [6.07, 6.45) is 4.48. The van der Waals surface area contributed by atoms with E-state index < -0.39 is 0 Å². The molecule has 1 unspecified atom stereocenters. The van der Waals surface area contributed by atoms with E-state index in [1.54, 1.807) is 12.1 Å². The highest BCUT2D eigenvalue weighted by Gasteiger charge is 2.13. The molecular formula is C15H19N3O. The van der Waals surface area contributed by atoms with Gasteiger partial charge in [0.25, 0.3) is 0 Å². The van der Waals surface area contributed by atoms with Crippen LogP contribution in [0.1, 0.15) is 29.9 Å². The second-order valence-corrected chi connectivity index (χ2v) is 4.60. The Kier molecular flexibility index (Phi) is 4.47. The van der Waals surface area contributed by atoms with E-state index in [2.05, 4.69) is 22.2 Å². The molecule has 0 aliphatic heterocycles. The molecule has 1 aromatic heterocycles. The molecule has 0 saturated heterocycles. The molecule has 0 spiro atoms. The van der Waals surface area contributed by atoms with Crippen molar-refractivity contribution in [3.8, 4) is 5.75 Å². The van der Waals surface area contributed by atoms with Gasteiger partial charge in [0.05, 0.1) is 6.04 Å². The van der Waals surface area contributed by atoms with Gasteiger partial charge in [-0.05, 0) is 43.1 Å². The molecule has 2 aromatic rings. The molecule has 0 aliphatic carbocycles. The molecular weight excluding hydrogens is 238 g/mol. The van der Waals surface area contributed by atoms with Gasteiger partial charge in [-0.1, -0.05) is 19.1 Å². The molecule has 4 heteroatoms. The maximum absolute atomic E-state index is 9.30. The molecule has 0 radical (unpaired) electrons. The van der Waals surface area contributed by atoms with Crippen molar-refractivity contribution in [3.63, 3.8) is 0 Å². The predicted octanol–water partition coefficient (Wildman–Crippen LogP) is 2.38. The number of aromatic hydroxyl groups is 1. The molecule has 1 heterocycles. The van der Waals surface area contributed by atoms with Crippen molar-refractivity contribution in [1.29, 1.82) is 0 Å². The Morgan fingerprint density at radius 2 is 1.79 bits per heavy atom. The number of likely N-dealkylation sites (N-methyl/N-ethyl adjacent to an activating group) is 1. The van der Waals surface area contributed by atoms with Crippen LogP contribution in [-0.4, -0.2) is 21.6 Å². The summed E-state index contributed by atoms with van der Waals surface area (Å²) in [5.41, 5.74) is 2.21. The number of aromatic nitrogens is 2. The zero-order chi connectivity index (χ0) is 13.7. The van der Waals surface area contributed by atoms with E-state index in [-0.39, 0.29) is 11.8 Å². The summed E-state index contributed by atoms with van der Waals surface area (Å²) in [4.78, 5) is 8.78. The van der Waals surface area contributed by atoms with Crippen LogP contribution in [0.5, 0.6) is 5.75 Å². The van der Waals surface area contributed by atoms with Crippen LogP contribution in [0.3, 0.4) is 0 Å². The summed E-state index contributed by atoms with van der Waals surface area (Å²) < 4.78 is 0. The number of phenols is 1. The van der Waals surface area contributed by atoms with E-state index >= 15 is 0 Å². The summed E-state index contributed by atoms with van der Waals surface area (Å²) >= 11 is 0. The van der Waals surface area contributed by atoms with Crippen molar-refractivity contribution in [2.45, 2.75) is 26.3 Å². The first-order valence-electron chi connectivity index (χ1n) is 6.49. The lowest BCUT2D eigenvalue weighted by Crippen LogP contribution is -2.25. The van der Waals surface area contributed by atoms with Gasteiger partial charge >= 0.3 is 0 Å². The zero-order valence-corrected chi connectivity index (χ0v) is 11.3. The fraction of sp³-hybridized carbons (Fsp3) is 0.333. The van der Waals surface area contributed by atoms with Crippen LogP contribution < -0.4 is 5.32 Å². The Hall–Kier alpha value is -1.94. The smallest absolute Gasteiger partial charge is 0.145 e. The number of phenolic OH excluding ortho intramolecular Hbond substituents is 1. The van der Waals surface area contributed by atoms with Gasteiger partial charge in [0.15, 0.2) is 0 Å². The summed E-state index contributed by atoms with van der Waals surface area (Å²) in [6, 6.07) is 7.35. The topological polar surface area (TPSA) is 58.0 Å². The monoisotopic (exact) mass is 257 g/mol. The van der Waals surface area contributed by atoms with Crippen molar-refractivity contribution in [2.75, 3.05) is 6.54 Å². The summed E-state index contributed by atoms with van der Waals surface area (Å²) in [5, 5.41) is 12.7. The van der Waals surface area contributed by atoms with Crippen LogP contribution in [0.4, 0.5) is 0 Å². The molecule has 0 fully saturated rings. The number of benzene rings is 1. The van der Waals surface area contributed by atoms with Crippen LogP contribution in [0.15, 0.2) is 36.7 Å². The minimum absolute atomic E-state index is 0.0927. The molecule has 0 amide bonds. The first-order chi connectivity index (χ1) is 9.19. The number of hydrogen-bond acceptors (Lipinski definition) is 4. The average Bonchev–Trinajstić information content (AvgIpc) is 2.42. The number of hydrogen-bond donors (Lipinski definition) is 2. The van der Waals surface area contributed by atoms with Crippen LogP contribution in [-0.2, 0) is 6.42 Å². The quantitative estimate of drug-likeness (QED) is 0.863. The fourth-order valence-corrected chi connectivity index (χ4v) is 1.95. The van der Waals surface area contributed by atoms with Gasteiger partial charge in [-0.2, -0.15) is 0 Å². The van der Waals surface area contributed by atoms with Crippen molar-refractivity contribution >= 4 is 0 Å². The van der Waals surface area contributed by atoms with Crippen molar-refractivity contribution < 1.29 is 5.11 Å². The molecule has 4 nitrogen and oxygen atoms in total. The van der Waals surface area contributed by atoms with E-state index in [1.165, 1.54) is 0 Å². The lowest BCUT2D eigenvalue weighted by molar-refractivity contribution is 0.474. The third kappa shape index (κ3) is 3.76. The van der Waals surface area contributed by atoms with Gasteiger partial charge < -0.3 is 10.4 Å². The van der Waals surface area contributed by atoms with E-state index in [0.29, 0.717) is 0 Å². The molecule has 0 saturated carbocycles. The van der Waals surface area contributed by atoms with Gasteiger partial charge in [-0.25, -0.2) is 9.97 Å². The Bertz CT molecular complexity index is 508. The zero-order valence-electron chi connectivity index (χ0n) is 11.3. The Morgan fingerprint density at radius 3 is 2.37 bits per heavy atom. The van der Waals surface area contributed by atoms with Crippen LogP contribution in [0.25, 0.3) is 0 Å². The van der Waals surface area contributed by atoms with Gasteiger partial charge in [0.2, 0.25) is 0 Å². The minimum atomic E-state index is 0.0927. The van der Waals surface area contributed by atoms with Gasteiger partial charge in [-0.15, -0.1) is 0 Å². The van der Waals surface area contributed by atoms with E-state index in [1.807, 2.05) is 31.5 Å². The third-order valence-electron chi connectivity index (χ3n) is 2.94. The highest BCUT2D eigenvalue weighted by Crippen LogP contribution is 2.17. The SMILES string of the molecule is CCNC(Cc1ccc(O)cc1)c1ncc(C)cn1. The summed E-state index contributed by atoms with van der Waals surface area (Å²) in [7, 11) is 0. The first kappa shape index (κ1) is 13.5. The van der Waals surface area contributed by atoms with Crippen molar-refractivity contribution in [3.05, 3.63) is 53.6 Å². The van der Waals surface area contributed by atoms with Crippen molar-refractivity contribution in [2.24, 2.45) is 0 Å². The molecule has 2 rings (SSSR count). The second kappa shape index (κ2) is 6.29. The normalized spacial score (nSPS) is 12.3. The molecule has 0 aliphatic rings. The van der Waals surface area contributed by atoms with E-state index in [4.69, 9.17) is 0 Å². The van der Waals surface area contributed by atoms with E-state index in [9.17, 15) is 5.11 Å². The Morgan fingerprint density at radius 1 is 1.16 bits per heavy atom. The van der Waals surface area contributed by atoms with Crippen LogP contribution >= 0.6 is 0 Å². The van der Waals surface area contributed by atoms with E-state index in [0.717, 1.165) is 29.9 Å². The standard InChI is InChI=1S/C15H19N3O/c1-3-16-14(15-17-9-11(2)10-18-15)8-12-4-6-13(19)7-5-12/h4-7,9-10,14,16,19H,3,8H2,1-2H3. The second-order valence-electron chi connectivity index (χ2n) is 4.60. The molecule has 1 atom stereocenters. The first-order valence-corrected chi connectivity index (χ1v) is 6.49. The maximum Gasteiger partial charge on any atom is 0.145 e. The fourth-order valence-electron chi connectivity index (χ4n) is 1.95. The van der Waals surface area contributed by atoms with Crippen molar-refractivity contribution in [1.82, 2.24) is 15.3 Å². The van der Waals surface area contributed by atoms with Crippen LogP contribution in [0, 0.1) is 6.92 Å². The molecule has 100 valence electrons. The molecule has 2 N–H and O–H groups in total. The maximum atomic E-state index is 9.30. The van der Waals surface area contributed by atoms with Gasteiger partial charge in [0.1, 0.15) is 11.6 Å². The molecule has 1 aromatic carbocycles. The molecule has 19 heavy (non-hydrogen) atoms. The number of nitrogens with one attached hydrogen (secondary N) is 1. The minimum Gasteiger partial charge on any atom is -0.508 e. The predicted molar refractivity (Wildman–Crippen MR) is 75.0 cm³/mol. The Balaban J connectivity index is 2.15. The lowest BCUT2D eigenvalue weighted by Gasteiger charge is -2.16. The van der Waals surface area contributed by atoms with Gasteiger partial charge in [-0.3, -0.25) is 0 Å². The third-order valence-corrected chi connectivity index (χ3v) is 2.94. The summed E-state index contributed by atoms with van der Waals surface area (Å²) in [6.45, 7) is 4.91. The Labute approximate surface area is 113 Å². The lowest BCUT2D eigenvalue weighted by atomic mass is 10.0. The summed E-state index contributed by atoms with van der Waals surface area (Å²) in [5.74, 6) is 1.09. The highest BCUT2D eigenvalue weighted by atomic mass is 16.3. The highest BCUT2D eigenvalue weighted by molar-refractivity contribution is 5.27. The molecule has 0 bridgehead atoms.